The number of nitrogens with one attached hydrogen (secondary N) is 1. The van der Waals surface area contributed by atoms with Gasteiger partial charge in [0, 0.05) is 12.1 Å². The molecule has 4 unspecified atom stereocenters. The molecule has 0 fully saturated rings. The largest absolute Gasteiger partial charge is 0.481 e. The minimum Gasteiger partial charge on any atom is -0.481 e. The highest BCUT2D eigenvalue weighted by molar-refractivity contribution is 7.39. The Morgan fingerprint density at radius 3 is 2.14 bits per heavy atom. The molecule has 0 radical (unpaired) electrons. The molecule has 0 spiro atoms. The number of benzene rings is 2. The number of anilines is 1. The van der Waals surface area contributed by atoms with Gasteiger partial charge in [-0.25, -0.2) is 4.39 Å². The van der Waals surface area contributed by atoms with E-state index < -0.39 is 49.8 Å². The second-order valence-corrected chi connectivity index (χ2v) is 7.62. The van der Waals surface area contributed by atoms with Crippen molar-refractivity contribution in [2.45, 2.75) is 24.5 Å². The van der Waals surface area contributed by atoms with Gasteiger partial charge in [0.2, 0.25) is 0 Å². The Morgan fingerprint density at radius 1 is 1.04 bits per heavy atom. The first-order valence-corrected chi connectivity index (χ1v) is 9.97. The van der Waals surface area contributed by atoms with E-state index in [0.29, 0.717) is 11.3 Å². The molecule has 0 aliphatic rings. The Kier molecular flexibility index (Phi) is 7.72. The fourth-order valence-electron chi connectivity index (χ4n) is 3.05. The van der Waals surface area contributed by atoms with Crippen LogP contribution in [0.3, 0.4) is 0 Å². The summed E-state index contributed by atoms with van der Waals surface area (Å²) in [5, 5.41) is 21.5. The monoisotopic (exact) mass is 409 g/mol. The molecule has 150 valence electrons. The molecule has 7 nitrogen and oxygen atoms in total. The molecule has 0 heterocycles. The van der Waals surface area contributed by atoms with Gasteiger partial charge in [-0.05, 0) is 36.2 Å². The average molecular weight is 409 g/mol. The number of carbonyl (C=O) groups is 2. The molecule has 0 saturated carbocycles. The van der Waals surface area contributed by atoms with Crippen LogP contribution in [0, 0.1) is 11.7 Å². The van der Waals surface area contributed by atoms with E-state index in [1.165, 1.54) is 24.3 Å². The van der Waals surface area contributed by atoms with Crippen molar-refractivity contribution in [1.29, 1.82) is 0 Å². The van der Waals surface area contributed by atoms with E-state index in [-0.39, 0.29) is 6.42 Å². The lowest BCUT2D eigenvalue weighted by molar-refractivity contribution is -0.143. The summed E-state index contributed by atoms with van der Waals surface area (Å²) >= 11 is 0. The van der Waals surface area contributed by atoms with Gasteiger partial charge in [-0.2, -0.15) is 0 Å². The highest BCUT2D eigenvalue weighted by Gasteiger charge is 2.39. The molecule has 4 atom stereocenters. The summed E-state index contributed by atoms with van der Waals surface area (Å²) in [5.41, 5.74) is -0.272. The van der Waals surface area contributed by atoms with Crippen LogP contribution in [0.1, 0.15) is 24.4 Å². The molecule has 0 aromatic heterocycles. The van der Waals surface area contributed by atoms with Crippen molar-refractivity contribution in [2.75, 3.05) is 5.32 Å². The molecule has 0 amide bonds. The van der Waals surface area contributed by atoms with Crippen LogP contribution in [-0.4, -0.2) is 32.7 Å². The summed E-state index contributed by atoms with van der Waals surface area (Å²) in [7, 11) is -3.40. The molecule has 2 aromatic carbocycles. The summed E-state index contributed by atoms with van der Waals surface area (Å²) in [5.74, 6) is -4.35. The second-order valence-electron chi connectivity index (χ2n) is 6.28. The first-order chi connectivity index (χ1) is 13.3. The number of halogens is 1. The molecular weight excluding hydrogens is 388 g/mol. The maximum absolute atomic E-state index is 13.2. The van der Waals surface area contributed by atoms with Gasteiger partial charge in [0.15, 0.2) is 8.03 Å². The lowest BCUT2D eigenvalue weighted by Crippen LogP contribution is -2.35. The number of carboxylic acids is 2. The van der Waals surface area contributed by atoms with Crippen molar-refractivity contribution >= 4 is 25.7 Å². The lowest BCUT2D eigenvalue weighted by Gasteiger charge is -2.31. The third kappa shape index (κ3) is 5.90. The molecule has 28 heavy (non-hydrogen) atoms. The van der Waals surface area contributed by atoms with Gasteiger partial charge in [-0.15, -0.1) is 0 Å². The van der Waals surface area contributed by atoms with Crippen LogP contribution in [-0.2, 0) is 14.2 Å². The summed E-state index contributed by atoms with van der Waals surface area (Å²) in [6.45, 7) is 0. The van der Waals surface area contributed by atoms with Crippen LogP contribution >= 0.6 is 8.03 Å². The van der Waals surface area contributed by atoms with Gasteiger partial charge in [-0.1, -0.05) is 30.3 Å². The van der Waals surface area contributed by atoms with Gasteiger partial charge in [0.25, 0.3) is 0 Å². The SMILES string of the molecule is O=C(O)CCC(C(=O)O)C(C(Nc1ccc(F)cc1)c1ccccc1)[PH](=O)O. The molecule has 0 bridgehead atoms. The van der Waals surface area contributed by atoms with E-state index in [9.17, 15) is 28.5 Å². The highest BCUT2D eigenvalue weighted by Crippen LogP contribution is 2.42. The lowest BCUT2D eigenvalue weighted by atomic mass is 9.90. The van der Waals surface area contributed by atoms with Gasteiger partial charge >= 0.3 is 11.9 Å². The Labute approximate surface area is 161 Å². The van der Waals surface area contributed by atoms with Gasteiger partial charge in [-0.3, -0.25) is 14.2 Å². The standard InChI is InChI=1S/C19H21FNO6P/c20-13-6-8-14(9-7-13)21-17(12-4-2-1-3-5-12)18(28(26)27)15(19(24)25)10-11-16(22)23/h1-9,15,17-18,21,28H,10-11H2,(H,22,23)(H,24,25)(H,26,27). The molecule has 0 saturated heterocycles. The van der Waals surface area contributed by atoms with Crippen LogP contribution in [0.5, 0.6) is 0 Å². The number of carboxylic acid groups (broad SMARTS) is 2. The van der Waals surface area contributed by atoms with Gasteiger partial charge in [0.05, 0.1) is 17.6 Å². The Hall–Kier alpha value is -2.70. The molecular formula is C19H21FNO6P. The number of hydrogen-bond donors (Lipinski definition) is 4. The Morgan fingerprint density at radius 2 is 1.64 bits per heavy atom. The highest BCUT2D eigenvalue weighted by atomic mass is 31.1. The number of rotatable bonds is 10. The number of aliphatic carboxylic acids is 2. The molecule has 0 aliphatic carbocycles. The zero-order chi connectivity index (χ0) is 20.7. The van der Waals surface area contributed by atoms with Crippen LogP contribution in [0.15, 0.2) is 54.6 Å². The average Bonchev–Trinajstić information content (AvgIpc) is 2.65. The summed E-state index contributed by atoms with van der Waals surface area (Å²) in [6, 6.07) is 12.9. The Balaban J connectivity index is 2.46. The summed E-state index contributed by atoms with van der Waals surface area (Å²) in [6.07, 6.45) is -0.735. The summed E-state index contributed by atoms with van der Waals surface area (Å²) < 4.78 is 25.4. The van der Waals surface area contributed by atoms with E-state index in [4.69, 9.17) is 5.11 Å². The Bertz CT molecular complexity index is 830. The van der Waals surface area contributed by atoms with Crippen LogP contribution in [0.2, 0.25) is 0 Å². The van der Waals surface area contributed by atoms with Crippen molar-refractivity contribution in [3.05, 3.63) is 66.0 Å². The zero-order valence-electron chi connectivity index (χ0n) is 14.8. The van der Waals surface area contributed by atoms with Gasteiger partial charge < -0.3 is 20.4 Å². The maximum Gasteiger partial charge on any atom is 0.307 e. The van der Waals surface area contributed by atoms with Gasteiger partial charge in [0.1, 0.15) is 5.82 Å². The van der Waals surface area contributed by atoms with Crippen molar-refractivity contribution < 1.29 is 33.7 Å². The normalized spacial score (nSPS) is 15.2. The smallest absolute Gasteiger partial charge is 0.307 e. The minimum atomic E-state index is -3.40. The zero-order valence-corrected chi connectivity index (χ0v) is 15.8. The predicted octanol–water partition coefficient (Wildman–Crippen LogP) is 3.38. The molecule has 2 rings (SSSR count). The van der Waals surface area contributed by atoms with E-state index in [1.54, 1.807) is 30.3 Å². The van der Waals surface area contributed by atoms with E-state index in [2.05, 4.69) is 5.32 Å². The topological polar surface area (TPSA) is 124 Å². The molecule has 4 N–H and O–H groups in total. The van der Waals surface area contributed by atoms with E-state index in [1.807, 2.05) is 0 Å². The van der Waals surface area contributed by atoms with Crippen LogP contribution < -0.4 is 5.32 Å². The molecule has 0 aliphatic heterocycles. The van der Waals surface area contributed by atoms with Crippen LogP contribution in [0.4, 0.5) is 10.1 Å². The van der Waals surface area contributed by atoms with Crippen molar-refractivity contribution in [1.82, 2.24) is 0 Å². The van der Waals surface area contributed by atoms with Crippen molar-refractivity contribution in [3.63, 3.8) is 0 Å². The van der Waals surface area contributed by atoms with E-state index in [0.717, 1.165) is 0 Å². The van der Waals surface area contributed by atoms with Crippen molar-refractivity contribution in [2.24, 2.45) is 5.92 Å². The fourth-order valence-corrected chi connectivity index (χ4v) is 4.26. The second kappa shape index (κ2) is 10.0. The predicted molar refractivity (Wildman–Crippen MR) is 102 cm³/mol. The van der Waals surface area contributed by atoms with Crippen molar-refractivity contribution in [3.8, 4) is 0 Å². The van der Waals surface area contributed by atoms with E-state index >= 15 is 0 Å². The number of hydrogen-bond acceptors (Lipinski definition) is 4. The maximum atomic E-state index is 13.2. The first kappa shape index (κ1) is 21.6. The molecule has 2 aromatic rings. The summed E-state index contributed by atoms with van der Waals surface area (Å²) in [4.78, 5) is 32.7. The first-order valence-electron chi connectivity index (χ1n) is 8.54. The third-order valence-corrected chi connectivity index (χ3v) is 5.70. The minimum absolute atomic E-state index is 0.291. The fraction of sp³-hybridized carbons (Fsp3) is 0.263. The van der Waals surface area contributed by atoms with Crippen LogP contribution in [0.25, 0.3) is 0 Å². The molecule has 9 heteroatoms. The third-order valence-electron chi connectivity index (χ3n) is 4.39. The quantitative estimate of drug-likeness (QED) is 0.444.